The Kier molecular flexibility index (Phi) is 4.24. The smallest absolute Gasteiger partial charge is 0.270 e. The molecule has 1 amide bonds. The van der Waals surface area contributed by atoms with Gasteiger partial charge in [0.2, 0.25) is 10.0 Å². The number of likely N-dealkylation sites (tertiary alicyclic amines) is 1. The average Bonchev–Trinajstić information content (AvgIpc) is 3.12. The third-order valence-electron chi connectivity index (χ3n) is 4.47. The number of amides is 1. The number of H-pyrrole nitrogens is 1. The van der Waals surface area contributed by atoms with Crippen molar-refractivity contribution in [3.63, 3.8) is 0 Å². The fourth-order valence-corrected chi connectivity index (χ4v) is 3.76. The molecule has 2 fully saturated rings. The van der Waals surface area contributed by atoms with Gasteiger partial charge < -0.3 is 14.6 Å². The summed E-state index contributed by atoms with van der Waals surface area (Å²) in [5, 5.41) is 0. The Bertz CT molecular complexity index is 629. The maximum Gasteiger partial charge on any atom is 0.270 e. The van der Waals surface area contributed by atoms with Crippen molar-refractivity contribution >= 4 is 15.9 Å². The van der Waals surface area contributed by atoms with Gasteiger partial charge in [-0.1, -0.05) is 0 Å². The number of rotatable bonds is 4. The van der Waals surface area contributed by atoms with Gasteiger partial charge in [-0.3, -0.25) is 4.79 Å². The zero-order valence-electron chi connectivity index (χ0n) is 12.5. The highest BCUT2D eigenvalue weighted by Crippen LogP contribution is 2.34. The largest absolute Gasteiger partial charge is 0.376 e. The summed E-state index contributed by atoms with van der Waals surface area (Å²) in [6.07, 6.45) is 3.60. The summed E-state index contributed by atoms with van der Waals surface area (Å²) < 4.78 is 30.7. The number of piperidine rings is 1. The molecule has 122 valence electrons. The Balaban J connectivity index is 1.64. The first-order chi connectivity index (χ1) is 10.4. The van der Waals surface area contributed by atoms with Crippen LogP contribution in [0.5, 0.6) is 0 Å². The first kappa shape index (κ1) is 15.5. The average molecular weight is 327 g/mol. The molecule has 3 rings (SSSR count). The lowest BCUT2D eigenvalue weighted by molar-refractivity contribution is 0.0558. The fraction of sp³-hybridized carbons (Fsp3) is 0.643. The lowest BCUT2D eigenvalue weighted by atomic mass is 9.84. The molecule has 0 radical (unpaired) electrons. The number of aromatic nitrogens is 1. The Labute approximate surface area is 130 Å². The van der Waals surface area contributed by atoms with Crippen molar-refractivity contribution < 1.29 is 17.9 Å². The second-order valence-corrected chi connectivity index (χ2v) is 7.87. The van der Waals surface area contributed by atoms with Crippen LogP contribution < -0.4 is 4.72 Å². The molecule has 1 aromatic heterocycles. The van der Waals surface area contributed by atoms with E-state index in [0.717, 1.165) is 12.7 Å². The predicted molar refractivity (Wildman–Crippen MR) is 80.9 cm³/mol. The molecule has 2 aliphatic heterocycles. The molecule has 3 atom stereocenters. The summed E-state index contributed by atoms with van der Waals surface area (Å²) in [6.45, 7) is 2.24. The summed E-state index contributed by atoms with van der Waals surface area (Å²) in [7, 11) is -3.23. The molecule has 0 bridgehead atoms. The molecule has 22 heavy (non-hydrogen) atoms. The summed E-state index contributed by atoms with van der Waals surface area (Å²) in [5.41, 5.74) is 0.586. The Hall–Kier alpha value is -1.38. The van der Waals surface area contributed by atoms with Gasteiger partial charge in [-0.2, -0.15) is 0 Å². The lowest BCUT2D eigenvalue weighted by Gasteiger charge is -2.35. The molecule has 7 nitrogen and oxygen atoms in total. The number of aromatic amines is 1. The van der Waals surface area contributed by atoms with E-state index in [9.17, 15) is 13.2 Å². The maximum absolute atomic E-state index is 12.4. The summed E-state index contributed by atoms with van der Waals surface area (Å²) in [4.78, 5) is 17.2. The van der Waals surface area contributed by atoms with Crippen molar-refractivity contribution in [1.29, 1.82) is 0 Å². The summed E-state index contributed by atoms with van der Waals surface area (Å²) in [6, 6.07) is 3.57. The van der Waals surface area contributed by atoms with Crippen molar-refractivity contribution in [1.82, 2.24) is 14.6 Å². The van der Waals surface area contributed by atoms with Crippen LogP contribution >= 0.6 is 0 Å². The summed E-state index contributed by atoms with van der Waals surface area (Å²) in [5.74, 6) is 0.575. The zero-order valence-corrected chi connectivity index (χ0v) is 13.3. The molecule has 8 heteroatoms. The second kappa shape index (κ2) is 6.02. The van der Waals surface area contributed by atoms with E-state index in [2.05, 4.69) is 9.71 Å². The minimum atomic E-state index is -3.23. The molecular weight excluding hydrogens is 306 g/mol. The molecule has 2 aliphatic rings. The van der Waals surface area contributed by atoms with E-state index < -0.39 is 10.0 Å². The van der Waals surface area contributed by atoms with Gasteiger partial charge in [-0.25, -0.2) is 13.1 Å². The van der Waals surface area contributed by atoms with Crippen LogP contribution in [0, 0.1) is 11.8 Å². The number of fused-ring (bicyclic) bond motifs is 1. The number of carbonyl (C=O) groups excluding carboxylic acids is 1. The molecule has 3 heterocycles. The normalized spacial score (nSPS) is 28.6. The van der Waals surface area contributed by atoms with Crippen molar-refractivity contribution in [3.05, 3.63) is 24.0 Å². The highest BCUT2D eigenvalue weighted by molar-refractivity contribution is 7.88. The number of nitrogens with zero attached hydrogens (tertiary/aromatic N) is 1. The number of carbonyl (C=O) groups is 1. The van der Waals surface area contributed by atoms with Gasteiger partial charge in [-0.05, 0) is 24.5 Å². The highest BCUT2D eigenvalue weighted by atomic mass is 32.2. The van der Waals surface area contributed by atoms with E-state index in [1.165, 1.54) is 0 Å². The van der Waals surface area contributed by atoms with Gasteiger partial charge in [0.25, 0.3) is 5.91 Å². The number of nitrogens with one attached hydrogen (secondary N) is 2. The number of ether oxygens (including phenoxy) is 1. The lowest BCUT2D eigenvalue weighted by Crippen LogP contribution is -2.47. The van der Waals surface area contributed by atoms with E-state index in [1.54, 1.807) is 18.3 Å². The molecular formula is C14H21N3O4S. The van der Waals surface area contributed by atoms with Gasteiger partial charge in [0.1, 0.15) is 5.69 Å². The Morgan fingerprint density at radius 2 is 2.36 bits per heavy atom. The van der Waals surface area contributed by atoms with Crippen molar-refractivity contribution in [3.8, 4) is 0 Å². The van der Waals surface area contributed by atoms with Crippen LogP contribution in [0.25, 0.3) is 0 Å². The quantitative estimate of drug-likeness (QED) is 0.817. The minimum absolute atomic E-state index is 0.00910. The second-order valence-electron chi connectivity index (χ2n) is 6.04. The molecule has 0 saturated carbocycles. The van der Waals surface area contributed by atoms with Gasteiger partial charge in [0.15, 0.2) is 0 Å². The van der Waals surface area contributed by atoms with Crippen molar-refractivity contribution in [2.75, 3.05) is 32.5 Å². The standard InChI is InChI=1S/C14H21N3O4S/c1-22(19,20)16-7-13-11-8-17(6-4-10(11)9-21-13)14(18)12-3-2-5-15-12/h2-3,5,10-11,13,15-16H,4,6-9H2,1H3/t10-,11-,13+/m0/s1. The van der Waals surface area contributed by atoms with Crippen molar-refractivity contribution in [2.24, 2.45) is 11.8 Å². The Morgan fingerprint density at radius 1 is 1.55 bits per heavy atom. The minimum Gasteiger partial charge on any atom is -0.376 e. The molecule has 0 unspecified atom stereocenters. The van der Waals surface area contributed by atoms with Crippen LogP contribution in [0.15, 0.2) is 18.3 Å². The molecule has 0 spiro atoms. The fourth-order valence-electron chi connectivity index (χ4n) is 3.29. The molecule has 2 saturated heterocycles. The van der Waals surface area contributed by atoms with E-state index in [1.807, 2.05) is 4.90 Å². The number of sulfonamides is 1. The van der Waals surface area contributed by atoms with Crippen LogP contribution in [-0.4, -0.2) is 62.8 Å². The molecule has 2 N–H and O–H groups in total. The third kappa shape index (κ3) is 3.34. The number of hydrogen-bond acceptors (Lipinski definition) is 4. The maximum atomic E-state index is 12.4. The monoisotopic (exact) mass is 327 g/mol. The van der Waals surface area contributed by atoms with Crippen LogP contribution in [0.4, 0.5) is 0 Å². The van der Waals surface area contributed by atoms with Gasteiger partial charge in [0, 0.05) is 31.7 Å². The first-order valence-electron chi connectivity index (χ1n) is 7.43. The molecule has 0 aromatic carbocycles. The van der Waals surface area contributed by atoms with Gasteiger partial charge in [-0.15, -0.1) is 0 Å². The van der Waals surface area contributed by atoms with Crippen LogP contribution in [-0.2, 0) is 14.8 Å². The van der Waals surface area contributed by atoms with E-state index in [-0.39, 0.29) is 24.5 Å². The summed E-state index contributed by atoms with van der Waals surface area (Å²) >= 11 is 0. The van der Waals surface area contributed by atoms with Crippen LogP contribution in [0.3, 0.4) is 0 Å². The Morgan fingerprint density at radius 3 is 3.05 bits per heavy atom. The first-order valence-corrected chi connectivity index (χ1v) is 9.32. The van der Waals surface area contributed by atoms with E-state index in [0.29, 0.717) is 31.3 Å². The van der Waals surface area contributed by atoms with E-state index in [4.69, 9.17) is 4.74 Å². The third-order valence-corrected chi connectivity index (χ3v) is 5.16. The molecule has 1 aromatic rings. The van der Waals surface area contributed by atoms with E-state index >= 15 is 0 Å². The molecule has 0 aliphatic carbocycles. The highest BCUT2D eigenvalue weighted by Gasteiger charge is 2.42. The topological polar surface area (TPSA) is 91.5 Å². The van der Waals surface area contributed by atoms with Gasteiger partial charge in [0.05, 0.1) is 19.0 Å². The van der Waals surface area contributed by atoms with Crippen molar-refractivity contribution in [2.45, 2.75) is 12.5 Å². The van der Waals surface area contributed by atoms with Crippen LogP contribution in [0.2, 0.25) is 0 Å². The SMILES string of the molecule is CS(=O)(=O)NC[C@H]1OC[C@@H]2CCN(C(=O)c3ccc[nH]3)C[C@@H]21. The van der Waals surface area contributed by atoms with Gasteiger partial charge >= 0.3 is 0 Å². The zero-order chi connectivity index (χ0) is 15.7. The predicted octanol–water partition coefficient (Wildman–Crippen LogP) is 0.0410. The van der Waals surface area contributed by atoms with Crippen LogP contribution in [0.1, 0.15) is 16.9 Å². The number of hydrogen-bond donors (Lipinski definition) is 2.